The first-order chi connectivity index (χ1) is 12.0. The van der Waals surface area contributed by atoms with Crippen LogP contribution in [0.5, 0.6) is 0 Å². The summed E-state index contributed by atoms with van der Waals surface area (Å²) in [5.41, 5.74) is 6.86. The number of rotatable bonds is 3. The Balaban J connectivity index is 1.56. The van der Waals surface area contributed by atoms with Gasteiger partial charge < -0.3 is 16.0 Å². The molecule has 1 fully saturated rings. The number of benzene rings is 1. The van der Waals surface area contributed by atoms with Crippen molar-refractivity contribution in [2.45, 2.75) is 12.8 Å². The van der Waals surface area contributed by atoms with Gasteiger partial charge in [0.05, 0.1) is 10.6 Å². The van der Waals surface area contributed by atoms with E-state index in [1.54, 1.807) is 41.3 Å². The van der Waals surface area contributed by atoms with E-state index in [2.05, 4.69) is 10.3 Å². The van der Waals surface area contributed by atoms with Crippen molar-refractivity contribution in [1.29, 1.82) is 0 Å². The van der Waals surface area contributed by atoms with E-state index < -0.39 is 0 Å². The van der Waals surface area contributed by atoms with Crippen LogP contribution in [0.4, 0.5) is 11.5 Å². The zero-order valence-electron chi connectivity index (χ0n) is 13.6. The number of hydrogen-bond donors (Lipinski definition) is 2. The minimum absolute atomic E-state index is 0.0823. The van der Waals surface area contributed by atoms with E-state index in [9.17, 15) is 9.59 Å². The molecule has 0 radical (unpaired) electrons. The fraction of sp³-hybridized carbons (Fsp3) is 0.278. The van der Waals surface area contributed by atoms with Gasteiger partial charge in [0.15, 0.2) is 0 Å². The van der Waals surface area contributed by atoms with E-state index in [-0.39, 0.29) is 17.7 Å². The Morgan fingerprint density at radius 1 is 1.16 bits per heavy atom. The van der Waals surface area contributed by atoms with Crippen molar-refractivity contribution in [3.8, 4) is 0 Å². The first-order valence-electron chi connectivity index (χ1n) is 8.11. The Hall–Kier alpha value is -2.60. The molecule has 0 saturated carbocycles. The number of halogens is 1. The van der Waals surface area contributed by atoms with Crippen molar-refractivity contribution in [2.24, 2.45) is 5.92 Å². The minimum Gasteiger partial charge on any atom is -0.398 e. The maximum Gasteiger partial charge on any atom is 0.255 e. The Morgan fingerprint density at radius 2 is 1.88 bits per heavy atom. The molecule has 0 bridgehead atoms. The van der Waals surface area contributed by atoms with Gasteiger partial charge in [-0.05, 0) is 37.1 Å². The van der Waals surface area contributed by atoms with E-state index in [1.807, 2.05) is 0 Å². The van der Waals surface area contributed by atoms with E-state index in [0.717, 1.165) is 0 Å². The highest BCUT2D eigenvalue weighted by Gasteiger charge is 2.28. The Bertz CT molecular complexity index is 771. The highest BCUT2D eigenvalue weighted by Crippen LogP contribution is 2.22. The molecule has 1 aliphatic heterocycles. The monoisotopic (exact) mass is 358 g/mol. The van der Waals surface area contributed by atoms with E-state index in [1.165, 1.54) is 6.20 Å². The molecular formula is C18H19ClN4O2. The molecular weight excluding hydrogens is 340 g/mol. The number of nitrogens with two attached hydrogens (primary N) is 1. The Morgan fingerprint density at radius 3 is 2.52 bits per heavy atom. The van der Waals surface area contributed by atoms with Crippen molar-refractivity contribution in [1.82, 2.24) is 9.88 Å². The third kappa shape index (κ3) is 4.09. The van der Waals surface area contributed by atoms with E-state index in [4.69, 9.17) is 17.3 Å². The molecule has 1 aromatic heterocycles. The van der Waals surface area contributed by atoms with Crippen LogP contribution in [0.25, 0.3) is 0 Å². The number of piperidine rings is 1. The van der Waals surface area contributed by atoms with Crippen molar-refractivity contribution >= 4 is 34.9 Å². The number of carbonyl (C=O) groups excluding carboxylic acids is 2. The lowest BCUT2D eigenvalue weighted by atomic mass is 9.95. The number of likely N-dealkylation sites (tertiary alicyclic amines) is 1. The van der Waals surface area contributed by atoms with Gasteiger partial charge in [0.25, 0.3) is 5.91 Å². The molecule has 2 aromatic rings. The van der Waals surface area contributed by atoms with Gasteiger partial charge in [-0.2, -0.15) is 0 Å². The molecule has 130 valence electrons. The summed E-state index contributed by atoms with van der Waals surface area (Å²) in [6, 6.07) is 10.4. The average Bonchev–Trinajstić information content (AvgIpc) is 2.63. The van der Waals surface area contributed by atoms with Crippen LogP contribution < -0.4 is 11.1 Å². The third-order valence-electron chi connectivity index (χ3n) is 4.32. The molecule has 0 atom stereocenters. The van der Waals surface area contributed by atoms with Gasteiger partial charge in [-0.25, -0.2) is 4.98 Å². The smallest absolute Gasteiger partial charge is 0.255 e. The highest BCUT2D eigenvalue weighted by molar-refractivity contribution is 6.30. The van der Waals surface area contributed by atoms with E-state index in [0.29, 0.717) is 48.0 Å². The predicted octanol–water partition coefficient (Wildman–Crippen LogP) is 2.81. The topological polar surface area (TPSA) is 88.3 Å². The summed E-state index contributed by atoms with van der Waals surface area (Å²) in [7, 11) is 0. The maximum atomic E-state index is 12.5. The van der Waals surface area contributed by atoms with Gasteiger partial charge >= 0.3 is 0 Å². The van der Waals surface area contributed by atoms with Crippen LogP contribution in [0.15, 0.2) is 42.6 Å². The molecule has 2 heterocycles. The number of pyridine rings is 1. The van der Waals surface area contributed by atoms with Crippen molar-refractivity contribution in [3.05, 3.63) is 53.2 Å². The highest BCUT2D eigenvalue weighted by atomic mass is 35.5. The van der Waals surface area contributed by atoms with Gasteiger partial charge in [0.1, 0.15) is 5.82 Å². The molecule has 0 aliphatic carbocycles. The summed E-state index contributed by atoms with van der Waals surface area (Å²) in [6.45, 7) is 1.05. The van der Waals surface area contributed by atoms with Gasteiger partial charge in [0, 0.05) is 30.9 Å². The number of para-hydroxylation sites is 1. The number of anilines is 2. The molecule has 1 saturated heterocycles. The summed E-state index contributed by atoms with van der Waals surface area (Å²) in [6.07, 6.45) is 2.71. The third-order valence-corrected chi connectivity index (χ3v) is 4.55. The predicted molar refractivity (Wildman–Crippen MR) is 97.4 cm³/mol. The van der Waals surface area contributed by atoms with Crippen LogP contribution in [-0.4, -0.2) is 34.8 Å². The first-order valence-corrected chi connectivity index (χ1v) is 8.48. The first kappa shape index (κ1) is 17.2. The number of carbonyl (C=O) groups is 2. The summed E-state index contributed by atoms with van der Waals surface area (Å²) >= 11 is 5.78. The molecule has 6 nitrogen and oxygen atoms in total. The van der Waals surface area contributed by atoms with Gasteiger partial charge in [-0.3, -0.25) is 9.59 Å². The van der Waals surface area contributed by atoms with Crippen LogP contribution in [0.2, 0.25) is 5.02 Å². The number of nitrogen functional groups attached to an aromatic ring is 1. The minimum atomic E-state index is -0.144. The maximum absolute atomic E-state index is 12.5. The molecule has 7 heteroatoms. The number of nitrogens with one attached hydrogen (secondary N) is 1. The summed E-state index contributed by atoms with van der Waals surface area (Å²) < 4.78 is 0. The number of hydrogen-bond acceptors (Lipinski definition) is 4. The number of nitrogens with zero attached hydrogens (tertiary/aromatic N) is 2. The molecule has 25 heavy (non-hydrogen) atoms. The number of amides is 2. The lowest BCUT2D eigenvalue weighted by Gasteiger charge is -2.31. The molecule has 1 aliphatic rings. The lowest BCUT2D eigenvalue weighted by molar-refractivity contribution is -0.121. The SMILES string of the molecule is Nc1ccccc1C(=O)N1CCC(C(=O)Nc2ccc(Cl)cn2)CC1. The van der Waals surface area contributed by atoms with Gasteiger partial charge in [-0.1, -0.05) is 23.7 Å². The standard InChI is InChI=1S/C18H19ClN4O2/c19-13-5-6-16(21-11-13)22-17(24)12-7-9-23(10-8-12)18(25)14-3-1-2-4-15(14)20/h1-6,11-12H,7-10,20H2,(H,21,22,24). The largest absolute Gasteiger partial charge is 0.398 e. The van der Waals surface area contributed by atoms with Crippen molar-refractivity contribution in [2.75, 3.05) is 24.1 Å². The van der Waals surface area contributed by atoms with Gasteiger partial charge in [-0.15, -0.1) is 0 Å². The molecule has 3 rings (SSSR count). The fourth-order valence-electron chi connectivity index (χ4n) is 2.88. The second-order valence-corrected chi connectivity index (χ2v) is 6.44. The molecule has 0 spiro atoms. The summed E-state index contributed by atoms with van der Waals surface area (Å²) in [5.74, 6) is 0.164. The zero-order valence-corrected chi connectivity index (χ0v) is 14.4. The zero-order chi connectivity index (χ0) is 17.8. The second-order valence-electron chi connectivity index (χ2n) is 6.00. The summed E-state index contributed by atoms with van der Waals surface area (Å²) in [5, 5.41) is 3.31. The van der Waals surface area contributed by atoms with Gasteiger partial charge in [0.2, 0.25) is 5.91 Å². The van der Waals surface area contributed by atoms with Crippen LogP contribution in [0, 0.1) is 5.92 Å². The average molecular weight is 359 g/mol. The quantitative estimate of drug-likeness (QED) is 0.826. The van der Waals surface area contributed by atoms with Crippen molar-refractivity contribution in [3.63, 3.8) is 0 Å². The van der Waals surface area contributed by atoms with Crippen LogP contribution in [0.3, 0.4) is 0 Å². The van der Waals surface area contributed by atoms with Crippen molar-refractivity contribution < 1.29 is 9.59 Å². The molecule has 3 N–H and O–H groups in total. The lowest BCUT2D eigenvalue weighted by Crippen LogP contribution is -2.41. The molecule has 2 amide bonds. The molecule has 0 unspecified atom stereocenters. The van der Waals surface area contributed by atoms with Crippen LogP contribution in [-0.2, 0) is 4.79 Å². The Labute approximate surface area is 151 Å². The second kappa shape index (κ2) is 7.53. The summed E-state index contributed by atoms with van der Waals surface area (Å²) in [4.78, 5) is 30.7. The normalized spacial score (nSPS) is 15.0. The van der Waals surface area contributed by atoms with E-state index >= 15 is 0 Å². The van der Waals surface area contributed by atoms with Crippen LogP contribution >= 0.6 is 11.6 Å². The molecule has 1 aromatic carbocycles. The Kier molecular flexibility index (Phi) is 5.19. The number of aromatic nitrogens is 1. The van der Waals surface area contributed by atoms with Crippen LogP contribution in [0.1, 0.15) is 23.2 Å². The fourth-order valence-corrected chi connectivity index (χ4v) is 3.00.